The highest BCUT2D eigenvalue weighted by Gasteiger charge is 2.16. The topological polar surface area (TPSA) is 54.6 Å². The zero-order valence-electron chi connectivity index (χ0n) is 12.7. The third kappa shape index (κ3) is 2.60. The normalized spacial score (nSPS) is 11.0. The molecule has 0 aliphatic rings. The van der Waals surface area contributed by atoms with Crippen LogP contribution in [-0.2, 0) is 11.2 Å². The Morgan fingerprint density at radius 3 is 2.82 bits per heavy atom. The highest BCUT2D eigenvalue weighted by atomic mass is 16.4. The lowest BCUT2D eigenvalue weighted by molar-refractivity contribution is -0.136. The number of fused-ring (bicyclic) bond motifs is 1. The number of imidazole rings is 1. The molecule has 0 saturated carbocycles. The summed E-state index contributed by atoms with van der Waals surface area (Å²) in [5.41, 5.74) is 6.07. The molecule has 1 aromatic carbocycles. The lowest BCUT2D eigenvalue weighted by atomic mass is 10.0. The van der Waals surface area contributed by atoms with E-state index in [9.17, 15) is 4.79 Å². The molecule has 3 aromatic rings. The van der Waals surface area contributed by atoms with Gasteiger partial charge in [-0.2, -0.15) is 0 Å². The first-order valence-corrected chi connectivity index (χ1v) is 7.31. The van der Waals surface area contributed by atoms with Gasteiger partial charge in [-0.1, -0.05) is 23.8 Å². The van der Waals surface area contributed by atoms with Crippen LogP contribution in [0.15, 0.2) is 42.6 Å². The standard InChI is InChI=1S/C18H18N2O2/c1-12-6-7-13(2)14(11-12)18-15(8-9-17(21)22)20-10-4-3-5-16(20)19-18/h3-7,10-11H,8-9H2,1-2H3,(H,21,22). The molecule has 22 heavy (non-hydrogen) atoms. The minimum atomic E-state index is -0.794. The van der Waals surface area contributed by atoms with Crippen molar-refractivity contribution in [1.82, 2.24) is 9.38 Å². The number of rotatable bonds is 4. The number of nitrogens with zero attached hydrogens (tertiary/aromatic N) is 2. The van der Waals surface area contributed by atoms with Gasteiger partial charge in [-0.05, 0) is 37.6 Å². The van der Waals surface area contributed by atoms with E-state index in [0.717, 1.165) is 28.2 Å². The molecule has 112 valence electrons. The molecule has 3 rings (SSSR count). The number of hydrogen-bond acceptors (Lipinski definition) is 2. The lowest BCUT2D eigenvalue weighted by Crippen LogP contribution is -2.02. The predicted octanol–water partition coefficient (Wildman–Crippen LogP) is 3.64. The summed E-state index contributed by atoms with van der Waals surface area (Å²) in [5.74, 6) is -0.794. The Bertz CT molecular complexity index is 849. The van der Waals surface area contributed by atoms with Crippen LogP contribution in [0, 0.1) is 13.8 Å². The summed E-state index contributed by atoms with van der Waals surface area (Å²) in [6, 6.07) is 12.1. The molecular weight excluding hydrogens is 276 g/mol. The summed E-state index contributed by atoms with van der Waals surface area (Å²) >= 11 is 0. The van der Waals surface area contributed by atoms with Gasteiger partial charge in [0.15, 0.2) is 0 Å². The second-order valence-electron chi connectivity index (χ2n) is 5.55. The predicted molar refractivity (Wildman–Crippen MR) is 86.1 cm³/mol. The van der Waals surface area contributed by atoms with Crippen LogP contribution >= 0.6 is 0 Å². The quantitative estimate of drug-likeness (QED) is 0.799. The van der Waals surface area contributed by atoms with Gasteiger partial charge < -0.3 is 9.51 Å². The van der Waals surface area contributed by atoms with E-state index in [2.05, 4.69) is 32.0 Å². The van der Waals surface area contributed by atoms with Crippen molar-refractivity contribution in [2.45, 2.75) is 26.7 Å². The minimum absolute atomic E-state index is 0.0978. The third-order valence-corrected chi connectivity index (χ3v) is 3.85. The molecule has 0 unspecified atom stereocenters. The largest absolute Gasteiger partial charge is 0.481 e. The van der Waals surface area contributed by atoms with Crippen LogP contribution in [0.1, 0.15) is 23.2 Å². The SMILES string of the molecule is Cc1ccc(C)c(-c2nc3ccccn3c2CCC(=O)O)c1. The molecule has 0 bridgehead atoms. The summed E-state index contributed by atoms with van der Waals surface area (Å²) < 4.78 is 1.99. The van der Waals surface area contributed by atoms with Gasteiger partial charge in [0.25, 0.3) is 0 Å². The van der Waals surface area contributed by atoms with Crippen molar-refractivity contribution < 1.29 is 9.90 Å². The second-order valence-corrected chi connectivity index (χ2v) is 5.55. The monoisotopic (exact) mass is 294 g/mol. The molecule has 0 fully saturated rings. The lowest BCUT2D eigenvalue weighted by Gasteiger charge is -2.08. The van der Waals surface area contributed by atoms with Crippen LogP contribution in [0.4, 0.5) is 0 Å². The van der Waals surface area contributed by atoms with E-state index in [-0.39, 0.29) is 6.42 Å². The Kier molecular flexibility index (Phi) is 3.67. The van der Waals surface area contributed by atoms with E-state index in [4.69, 9.17) is 10.1 Å². The second kappa shape index (κ2) is 5.64. The van der Waals surface area contributed by atoms with Crippen molar-refractivity contribution in [3.8, 4) is 11.3 Å². The van der Waals surface area contributed by atoms with Crippen molar-refractivity contribution in [1.29, 1.82) is 0 Å². The zero-order valence-corrected chi connectivity index (χ0v) is 12.7. The van der Waals surface area contributed by atoms with Crippen LogP contribution in [-0.4, -0.2) is 20.5 Å². The van der Waals surface area contributed by atoms with Crippen LogP contribution in [0.3, 0.4) is 0 Å². The van der Waals surface area contributed by atoms with E-state index >= 15 is 0 Å². The van der Waals surface area contributed by atoms with Gasteiger partial charge in [0.2, 0.25) is 0 Å². The number of hydrogen-bond donors (Lipinski definition) is 1. The first-order chi connectivity index (χ1) is 10.6. The smallest absolute Gasteiger partial charge is 0.303 e. The number of carbonyl (C=O) groups is 1. The molecule has 4 heteroatoms. The van der Waals surface area contributed by atoms with Crippen molar-refractivity contribution in [2.75, 3.05) is 0 Å². The fourth-order valence-electron chi connectivity index (χ4n) is 2.72. The van der Waals surface area contributed by atoms with Crippen LogP contribution in [0.2, 0.25) is 0 Å². The Morgan fingerprint density at radius 1 is 1.23 bits per heavy atom. The van der Waals surface area contributed by atoms with Gasteiger partial charge in [0, 0.05) is 18.2 Å². The molecule has 2 heterocycles. The Morgan fingerprint density at radius 2 is 2.05 bits per heavy atom. The van der Waals surface area contributed by atoms with Gasteiger partial charge in [-0.25, -0.2) is 4.98 Å². The van der Waals surface area contributed by atoms with Crippen molar-refractivity contribution >= 4 is 11.6 Å². The van der Waals surface area contributed by atoms with Gasteiger partial charge >= 0.3 is 5.97 Å². The van der Waals surface area contributed by atoms with Gasteiger partial charge in [-0.3, -0.25) is 4.79 Å². The third-order valence-electron chi connectivity index (χ3n) is 3.85. The average molecular weight is 294 g/mol. The zero-order chi connectivity index (χ0) is 15.7. The summed E-state index contributed by atoms with van der Waals surface area (Å²) in [5, 5.41) is 9.01. The summed E-state index contributed by atoms with van der Waals surface area (Å²) in [7, 11) is 0. The first-order valence-electron chi connectivity index (χ1n) is 7.31. The molecular formula is C18H18N2O2. The number of benzene rings is 1. The number of carboxylic acid groups (broad SMARTS) is 1. The molecule has 0 atom stereocenters. The van der Waals surface area contributed by atoms with Gasteiger partial charge in [0.05, 0.1) is 17.8 Å². The van der Waals surface area contributed by atoms with E-state index in [1.165, 1.54) is 5.56 Å². The van der Waals surface area contributed by atoms with Crippen LogP contribution in [0.5, 0.6) is 0 Å². The highest BCUT2D eigenvalue weighted by molar-refractivity contribution is 5.72. The molecule has 1 N–H and O–H groups in total. The van der Waals surface area contributed by atoms with Crippen molar-refractivity contribution in [3.05, 3.63) is 59.4 Å². The fourth-order valence-corrected chi connectivity index (χ4v) is 2.72. The fraction of sp³-hybridized carbons (Fsp3) is 0.222. The van der Waals surface area contributed by atoms with Crippen molar-refractivity contribution in [3.63, 3.8) is 0 Å². The number of aromatic nitrogens is 2. The molecule has 0 radical (unpaired) electrons. The molecule has 0 aliphatic heterocycles. The minimum Gasteiger partial charge on any atom is -0.481 e. The summed E-state index contributed by atoms with van der Waals surface area (Å²) in [6.07, 6.45) is 2.50. The van der Waals surface area contributed by atoms with Crippen LogP contribution in [0.25, 0.3) is 16.9 Å². The average Bonchev–Trinajstić information content (AvgIpc) is 2.86. The van der Waals surface area contributed by atoms with E-state index < -0.39 is 5.97 Å². The Balaban J connectivity index is 2.21. The van der Waals surface area contributed by atoms with Gasteiger partial charge in [0.1, 0.15) is 5.65 Å². The molecule has 4 nitrogen and oxygen atoms in total. The number of aliphatic carboxylic acids is 1. The molecule has 0 aliphatic carbocycles. The number of aryl methyl sites for hydroxylation is 3. The molecule has 0 saturated heterocycles. The number of pyridine rings is 1. The maximum Gasteiger partial charge on any atom is 0.303 e. The summed E-state index contributed by atoms with van der Waals surface area (Å²) in [6.45, 7) is 4.11. The Hall–Kier alpha value is -2.62. The van der Waals surface area contributed by atoms with E-state index in [0.29, 0.717) is 6.42 Å². The van der Waals surface area contributed by atoms with E-state index in [1.807, 2.05) is 28.8 Å². The van der Waals surface area contributed by atoms with Crippen molar-refractivity contribution in [2.24, 2.45) is 0 Å². The van der Waals surface area contributed by atoms with Gasteiger partial charge in [-0.15, -0.1) is 0 Å². The highest BCUT2D eigenvalue weighted by Crippen LogP contribution is 2.29. The molecule has 2 aromatic heterocycles. The maximum atomic E-state index is 11.0. The van der Waals surface area contributed by atoms with E-state index in [1.54, 1.807) is 0 Å². The Labute approximate surface area is 129 Å². The summed E-state index contributed by atoms with van der Waals surface area (Å²) in [4.78, 5) is 15.7. The maximum absolute atomic E-state index is 11.0. The van der Waals surface area contributed by atoms with Crippen LogP contribution < -0.4 is 0 Å². The number of carboxylic acids is 1. The molecule has 0 amide bonds. The first kappa shape index (κ1) is 14.3. The molecule has 0 spiro atoms.